The molecule has 0 saturated heterocycles. The lowest BCUT2D eigenvalue weighted by Crippen LogP contribution is -2.09. The molecule has 0 saturated carbocycles. The Kier molecular flexibility index (Phi) is 4.77. The molecule has 0 radical (unpaired) electrons. The van der Waals surface area contributed by atoms with Crippen LogP contribution < -0.4 is 0 Å². The van der Waals surface area contributed by atoms with Gasteiger partial charge in [-0.25, -0.2) is 0 Å². The van der Waals surface area contributed by atoms with Crippen LogP contribution in [0.2, 0.25) is 0 Å². The molecule has 1 aromatic heterocycles. The van der Waals surface area contributed by atoms with Crippen molar-refractivity contribution in [2.75, 3.05) is 0 Å². The number of hydrogen-bond acceptors (Lipinski definition) is 1. The average Bonchev–Trinajstić information content (AvgIpc) is 2.24. The third kappa shape index (κ3) is 3.83. The van der Waals surface area contributed by atoms with Crippen molar-refractivity contribution < 1.29 is 13.2 Å². The predicted molar refractivity (Wildman–Crippen MR) is 57.1 cm³/mol. The normalized spacial score (nSPS) is 11.8. The Bertz CT molecular complexity index is 320. The van der Waals surface area contributed by atoms with Crippen LogP contribution in [-0.2, 0) is 12.6 Å². The van der Waals surface area contributed by atoms with E-state index in [9.17, 15) is 13.2 Å². The van der Waals surface area contributed by atoms with Crippen molar-refractivity contribution in [1.82, 2.24) is 4.98 Å². The zero-order chi connectivity index (χ0) is 12.0. The summed E-state index contributed by atoms with van der Waals surface area (Å²) in [7, 11) is 0. The van der Waals surface area contributed by atoms with Gasteiger partial charge in [-0.05, 0) is 24.5 Å². The van der Waals surface area contributed by atoms with E-state index >= 15 is 0 Å². The molecule has 4 heteroatoms. The van der Waals surface area contributed by atoms with Crippen molar-refractivity contribution in [2.24, 2.45) is 0 Å². The molecule has 0 aromatic carbocycles. The second kappa shape index (κ2) is 5.87. The molecule has 0 N–H and O–H groups in total. The fraction of sp³-hybridized carbons (Fsp3) is 0.583. The Morgan fingerprint density at radius 3 is 2.56 bits per heavy atom. The first-order valence-electron chi connectivity index (χ1n) is 5.55. The molecular formula is C12H16F3N. The fourth-order valence-electron chi connectivity index (χ4n) is 1.65. The molecular weight excluding hydrogens is 215 g/mol. The van der Waals surface area contributed by atoms with E-state index in [0.29, 0.717) is 12.0 Å². The van der Waals surface area contributed by atoms with Crippen molar-refractivity contribution in [3.05, 3.63) is 29.6 Å². The molecule has 0 bridgehead atoms. The van der Waals surface area contributed by atoms with Crippen LogP contribution >= 0.6 is 0 Å². The highest BCUT2D eigenvalue weighted by atomic mass is 19.4. The zero-order valence-corrected chi connectivity index (χ0v) is 9.35. The Hall–Kier alpha value is -1.06. The zero-order valence-electron chi connectivity index (χ0n) is 9.35. The lowest BCUT2D eigenvalue weighted by molar-refractivity contribution is -0.138. The van der Waals surface area contributed by atoms with Gasteiger partial charge in [-0.1, -0.05) is 26.2 Å². The molecule has 90 valence electrons. The van der Waals surface area contributed by atoms with E-state index in [4.69, 9.17) is 0 Å². The molecule has 0 amide bonds. The molecule has 1 aromatic rings. The van der Waals surface area contributed by atoms with Gasteiger partial charge in [-0.2, -0.15) is 13.2 Å². The smallest absolute Gasteiger partial charge is 0.264 e. The van der Waals surface area contributed by atoms with Crippen LogP contribution in [0.3, 0.4) is 0 Å². The van der Waals surface area contributed by atoms with Crippen LogP contribution in [0, 0.1) is 0 Å². The molecule has 0 atom stereocenters. The maximum absolute atomic E-state index is 12.6. The molecule has 0 unspecified atom stereocenters. The van der Waals surface area contributed by atoms with E-state index in [1.807, 2.05) is 0 Å². The number of halogens is 3. The summed E-state index contributed by atoms with van der Waals surface area (Å²) in [4.78, 5) is 3.76. The van der Waals surface area contributed by atoms with Gasteiger partial charge in [-0.3, -0.25) is 4.98 Å². The van der Waals surface area contributed by atoms with E-state index < -0.39 is 11.7 Å². The van der Waals surface area contributed by atoms with E-state index in [-0.39, 0.29) is 0 Å². The Morgan fingerprint density at radius 2 is 1.94 bits per heavy atom. The summed E-state index contributed by atoms with van der Waals surface area (Å²) in [6.07, 6.45) is 2.64. The Morgan fingerprint density at radius 1 is 1.19 bits per heavy atom. The number of nitrogens with zero attached hydrogens (tertiary/aromatic N) is 1. The molecule has 0 aliphatic carbocycles. The molecule has 0 aliphatic rings. The van der Waals surface area contributed by atoms with Gasteiger partial charge in [0.25, 0.3) is 0 Å². The van der Waals surface area contributed by atoms with Crippen molar-refractivity contribution in [2.45, 2.75) is 45.2 Å². The molecule has 1 heterocycles. The lowest BCUT2D eigenvalue weighted by Gasteiger charge is -2.11. The van der Waals surface area contributed by atoms with Crippen LogP contribution in [0.15, 0.2) is 18.5 Å². The second-order valence-corrected chi connectivity index (χ2v) is 3.84. The van der Waals surface area contributed by atoms with Crippen molar-refractivity contribution in [1.29, 1.82) is 0 Å². The van der Waals surface area contributed by atoms with Crippen molar-refractivity contribution in [3.63, 3.8) is 0 Å². The van der Waals surface area contributed by atoms with E-state index in [1.54, 1.807) is 0 Å². The molecule has 1 rings (SSSR count). The van der Waals surface area contributed by atoms with Gasteiger partial charge in [-0.15, -0.1) is 0 Å². The van der Waals surface area contributed by atoms with Gasteiger partial charge in [0.05, 0.1) is 5.56 Å². The third-order valence-electron chi connectivity index (χ3n) is 2.51. The number of hydrogen-bond donors (Lipinski definition) is 0. The van der Waals surface area contributed by atoms with Crippen LogP contribution in [-0.4, -0.2) is 4.98 Å². The fourth-order valence-corrected chi connectivity index (χ4v) is 1.65. The highest BCUT2D eigenvalue weighted by molar-refractivity contribution is 5.26. The molecule has 0 aliphatic heterocycles. The maximum atomic E-state index is 12.6. The van der Waals surface area contributed by atoms with E-state index in [1.165, 1.54) is 12.4 Å². The lowest BCUT2D eigenvalue weighted by atomic mass is 10.0. The first-order chi connectivity index (χ1) is 7.55. The maximum Gasteiger partial charge on any atom is 0.416 e. The Labute approximate surface area is 93.7 Å². The number of unbranched alkanes of at least 4 members (excludes halogenated alkanes) is 3. The monoisotopic (exact) mass is 231 g/mol. The number of pyridine rings is 1. The summed E-state index contributed by atoms with van der Waals surface area (Å²) in [6, 6.07) is 1.05. The quantitative estimate of drug-likeness (QED) is 0.691. The molecule has 1 nitrogen and oxygen atoms in total. The summed E-state index contributed by atoms with van der Waals surface area (Å²) < 4.78 is 37.8. The minimum Gasteiger partial charge on any atom is -0.264 e. The van der Waals surface area contributed by atoms with Crippen LogP contribution in [0.5, 0.6) is 0 Å². The summed E-state index contributed by atoms with van der Waals surface area (Å²) in [5, 5.41) is 0. The van der Waals surface area contributed by atoms with Gasteiger partial charge < -0.3 is 0 Å². The van der Waals surface area contributed by atoms with E-state index in [2.05, 4.69) is 11.9 Å². The predicted octanol–water partition coefficient (Wildman–Crippen LogP) is 4.22. The number of aryl methyl sites for hydroxylation is 1. The van der Waals surface area contributed by atoms with Gasteiger partial charge >= 0.3 is 6.18 Å². The summed E-state index contributed by atoms with van der Waals surface area (Å²) >= 11 is 0. The van der Waals surface area contributed by atoms with Gasteiger partial charge in [0.15, 0.2) is 0 Å². The first kappa shape index (κ1) is 13.0. The van der Waals surface area contributed by atoms with Gasteiger partial charge in [0, 0.05) is 12.4 Å². The topological polar surface area (TPSA) is 12.9 Å². The highest BCUT2D eigenvalue weighted by Crippen LogP contribution is 2.32. The Balaban J connectivity index is 2.65. The van der Waals surface area contributed by atoms with Gasteiger partial charge in [0.2, 0.25) is 0 Å². The number of rotatable bonds is 5. The number of aromatic nitrogens is 1. The average molecular weight is 231 g/mol. The first-order valence-corrected chi connectivity index (χ1v) is 5.55. The standard InChI is InChI=1S/C12H16F3N/c1-2-3-4-5-6-10-9-16-8-7-11(10)12(13,14)15/h7-9H,2-6H2,1H3. The van der Waals surface area contributed by atoms with Crippen molar-refractivity contribution in [3.8, 4) is 0 Å². The number of alkyl halides is 3. The van der Waals surface area contributed by atoms with Crippen LogP contribution in [0.1, 0.15) is 43.7 Å². The third-order valence-corrected chi connectivity index (χ3v) is 2.51. The molecule has 0 fully saturated rings. The van der Waals surface area contributed by atoms with Gasteiger partial charge in [0.1, 0.15) is 0 Å². The van der Waals surface area contributed by atoms with Crippen molar-refractivity contribution >= 4 is 0 Å². The summed E-state index contributed by atoms with van der Waals surface area (Å²) in [6.45, 7) is 2.07. The van der Waals surface area contributed by atoms with Crippen LogP contribution in [0.25, 0.3) is 0 Å². The van der Waals surface area contributed by atoms with E-state index in [0.717, 1.165) is 31.7 Å². The summed E-state index contributed by atoms with van der Waals surface area (Å²) in [5.41, 5.74) is -0.231. The largest absolute Gasteiger partial charge is 0.416 e. The highest BCUT2D eigenvalue weighted by Gasteiger charge is 2.32. The van der Waals surface area contributed by atoms with Crippen LogP contribution in [0.4, 0.5) is 13.2 Å². The second-order valence-electron chi connectivity index (χ2n) is 3.84. The molecule has 0 spiro atoms. The minimum absolute atomic E-state index is 0.311. The SMILES string of the molecule is CCCCCCc1cnccc1C(F)(F)F. The summed E-state index contributed by atoms with van der Waals surface area (Å²) in [5.74, 6) is 0. The molecule has 16 heavy (non-hydrogen) atoms. The minimum atomic E-state index is -4.26.